The molecule has 1 aliphatic carbocycles. The third-order valence-electron chi connectivity index (χ3n) is 3.72. The fourth-order valence-corrected chi connectivity index (χ4v) is 2.76. The molecule has 3 rings (SSSR count). The minimum Gasteiger partial charge on any atom is -0.369 e. The summed E-state index contributed by atoms with van der Waals surface area (Å²) in [5.41, 5.74) is 7.45. The highest BCUT2D eigenvalue weighted by molar-refractivity contribution is 9.10. The van der Waals surface area contributed by atoms with Crippen LogP contribution < -0.4 is 5.73 Å². The quantitative estimate of drug-likeness (QED) is 0.941. The Kier molecular flexibility index (Phi) is 2.81. The summed E-state index contributed by atoms with van der Waals surface area (Å²) in [5, 5.41) is 0. The second-order valence-corrected chi connectivity index (χ2v) is 6.00. The van der Waals surface area contributed by atoms with E-state index in [2.05, 4.69) is 27.8 Å². The van der Waals surface area contributed by atoms with E-state index in [1.165, 1.54) is 18.9 Å². The van der Waals surface area contributed by atoms with E-state index >= 15 is 0 Å². The maximum atomic E-state index is 13.6. The van der Waals surface area contributed by atoms with Crippen molar-refractivity contribution in [3.63, 3.8) is 0 Å². The first-order valence-corrected chi connectivity index (χ1v) is 6.96. The van der Waals surface area contributed by atoms with E-state index < -0.39 is 0 Å². The molecule has 1 aromatic heterocycles. The van der Waals surface area contributed by atoms with Gasteiger partial charge >= 0.3 is 0 Å². The highest BCUT2D eigenvalue weighted by Crippen LogP contribution is 2.38. The van der Waals surface area contributed by atoms with E-state index in [1.54, 1.807) is 6.07 Å². The van der Waals surface area contributed by atoms with Crippen LogP contribution in [0.15, 0.2) is 16.6 Å². The van der Waals surface area contributed by atoms with Crippen molar-refractivity contribution in [2.75, 3.05) is 5.73 Å². The van der Waals surface area contributed by atoms with Crippen LogP contribution in [0, 0.1) is 17.7 Å². The topological polar surface area (TPSA) is 43.8 Å². The molecule has 1 heterocycles. The molecule has 1 aromatic carbocycles. The number of halogens is 2. The van der Waals surface area contributed by atoms with Crippen molar-refractivity contribution in [2.24, 2.45) is 11.8 Å². The molecule has 0 bridgehead atoms. The van der Waals surface area contributed by atoms with Crippen molar-refractivity contribution in [1.82, 2.24) is 9.55 Å². The van der Waals surface area contributed by atoms with Gasteiger partial charge in [0, 0.05) is 12.6 Å². The van der Waals surface area contributed by atoms with Crippen LogP contribution in [0.25, 0.3) is 11.0 Å². The Morgan fingerprint density at radius 3 is 2.94 bits per heavy atom. The number of nitrogen functional groups attached to an aromatic ring is 1. The summed E-state index contributed by atoms with van der Waals surface area (Å²) in [5.74, 6) is 1.55. The molecule has 0 spiro atoms. The maximum Gasteiger partial charge on any atom is 0.201 e. The summed E-state index contributed by atoms with van der Waals surface area (Å²) in [7, 11) is 0. The smallest absolute Gasteiger partial charge is 0.201 e. The monoisotopic (exact) mass is 311 g/mol. The first kappa shape index (κ1) is 12.0. The van der Waals surface area contributed by atoms with Crippen LogP contribution in [0.4, 0.5) is 10.3 Å². The van der Waals surface area contributed by atoms with Crippen LogP contribution in [0.3, 0.4) is 0 Å². The maximum absolute atomic E-state index is 13.6. The Hall–Kier alpha value is -1.10. The van der Waals surface area contributed by atoms with Crippen molar-refractivity contribution in [3.8, 4) is 0 Å². The summed E-state index contributed by atoms with van der Waals surface area (Å²) < 4.78 is 16.0. The standard InChI is InChI=1S/C13H15BrFN3/c1-7(8-2-3-8)6-18-12-5-10(15)9(14)4-11(12)17-13(18)16/h4-5,7-8H,2-3,6H2,1H3,(H2,16,17). The molecule has 0 amide bonds. The van der Waals surface area contributed by atoms with Gasteiger partial charge in [-0.05, 0) is 46.7 Å². The molecular weight excluding hydrogens is 297 g/mol. The number of hydrogen-bond donors (Lipinski definition) is 1. The second kappa shape index (κ2) is 4.23. The number of hydrogen-bond acceptors (Lipinski definition) is 2. The zero-order valence-corrected chi connectivity index (χ0v) is 11.7. The molecule has 1 aliphatic rings. The number of benzene rings is 1. The molecule has 5 heteroatoms. The molecule has 3 nitrogen and oxygen atoms in total. The first-order valence-electron chi connectivity index (χ1n) is 6.17. The number of nitrogens with two attached hydrogens (primary N) is 1. The lowest BCUT2D eigenvalue weighted by Crippen LogP contribution is -2.11. The number of aromatic nitrogens is 2. The third kappa shape index (κ3) is 2.00. The lowest BCUT2D eigenvalue weighted by atomic mass is 10.1. The summed E-state index contributed by atoms with van der Waals surface area (Å²) >= 11 is 3.17. The number of anilines is 1. The zero-order chi connectivity index (χ0) is 12.9. The van der Waals surface area contributed by atoms with E-state index in [0.717, 1.165) is 23.5 Å². The molecule has 0 aliphatic heterocycles. The van der Waals surface area contributed by atoms with Gasteiger partial charge in [0.15, 0.2) is 0 Å². The molecule has 2 aromatic rings. The molecule has 1 saturated carbocycles. The van der Waals surface area contributed by atoms with Crippen LogP contribution in [0.1, 0.15) is 19.8 Å². The highest BCUT2D eigenvalue weighted by atomic mass is 79.9. The Bertz CT molecular complexity index is 604. The van der Waals surface area contributed by atoms with Crippen molar-refractivity contribution >= 4 is 32.9 Å². The average molecular weight is 312 g/mol. The van der Waals surface area contributed by atoms with Crippen LogP contribution in [-0.4, -0.2) is 9.55 Å². The summed E-state index contributed by atoms with van der Waals surface area (Å²) in [6.45, 7) is 3.03. The third-order valence-corrected chi connectivity index (χ3v) is 4.32. The summed E-state index contributed by atoms with van der Waals surface area (Å²) in [6, 6.07) is 3.18. The molecule has 1 atom stereocenters. The van der Waals surface area contributed by atoms with E-state index in [0.29, 0.717) is 16.3 Å². The van der Waals surface area contributed by atoms with Gasteiger partial charge in [-0.15, -0.1) is 0 Å². The molecule has 0 radical (unpaired) electrons. The number of rotatable bonds is 3. The minimum atomic E-state index is -0.275. The van der Waals surface area contributed by atoms with Crippen molar-refractivity contribution < 1.29 is 4.39 Å². The van der Waals surface area contributed by atoms with Crippen molar-refractivity contribution in [3.05, 3.63) is 22.4 Å². The van der Waals surface area contributed by atoms with Gasteiger partial charge in [0.25, 0.3) is 0 Å². The Balaban J connectivity index is 2.04. The van der Waals surface area contributed by atoms with Crippen LogP contribution in [-0.2, 0) is 6.54 Å². The van der Waals surface area contributed by atoms with Gasteiger partial charge in [-0.2, -0.15) is 0 Å². The predicted molar refractivity (Wildman–Crippen MR) is 73.7 cm³/mol. The summed E-state index contributed by atoms with van der Waals surface area (Å²) in [6.07, 6.45) is 2.60. The van der Waals surface area contributed by atoms with E-state index in [9.17, 15) is 4.39 Å². The Labute approximate surface area is 113 Å². The molecule has 1 unspecified atom stereocenters. The van der Waals surface area contributed by atoms with Crippen molar-refractivity contribution in [2.45, 2.75) is 26.3 Å². The Morgan fingerprint density at radius 1 is 1.56 bits per heavy atom. The fraction of sp³-hybridized carbons (Fsp3) is 0.462. The normalized spacial score (nSPS) is 17.3. The van der Waals surface area contributed by atoms with Crippen molar-refractivity contribution in [1.29, 1.82) is 0 Å². The van der Waals surface area contributed by atoms with E-state index in [4.69, 9.17) is 5.73 Å². The lowest BCUT2D eigenvalue weighted by molar-refractivity contribution is 0.439. The number of nitrogens with zero attached hydrogens (tertiary/aromatic N) is 2. The predicted octanol–water partition coefficient (Wildman–Crippen LogP) is 3.57. The summed E-state index contributed by atoms with van der Waals surface area (Å²) in [4.78, 5) is 4.29. The molecule has 96 valence electrons. The molecule has 18 heavy (non-hydrogen) atoms. The van der Waals surface area contributed by atoms with Gasteiger partial charge in [0.05, 0.1) is 15.5 Å². The van der Waals surface area contributed by atoms with Crippen LogP contribution >= 0.6 is 15.9 Å². The van der Waals surface area contributed by atoms with Gasteiger partial charge in [-0.1, -0.05) is 6.92 Å². The van der Waals surface area contributed by atoms with Gasteiger partial charge in [0.1, 0.15) is 5.82 Å². The van der Waals surface area contributed by atoms with Gasteiger partial charge in [0.2, 0.25) is 5.95 Å². The number of imidazole rings is 1. The van der Waals surface area contributed by atoms with E-state index in [1.807, 2.05) is 4.57 Å². The molecule has 0 saturated heterocycles. The highest BCUT2D eigenvalue weighted by Gasteiger charge is 2.28. The SMILES string of the molecule is CC(Cn1c(N)nc2cc(Br)c(F)cc21)C1CC1. The lowest BCUT2D eigenvalue weighted by Gasteiger charge is -2.13. The molecular formula is C13H15BrFN3. The van der Waals surface area contributed by atoms with Gasteiger partial charge < -0.3 is 10.3 Å². The molecule has 2 N–H and O–H groups in total. The minimum absolute atomic E-state index is 0.275. The second-order valence-electron chi connectivity index (χ2n) is 5.15. The van der Waals surface area contributed by atoms with Gasteiger partial charge in [-0.25, -0.2) is 9.37 Å². The zero-order valence-electron chi connectivity index (χ0n) is 10.2. The van der Waals surface area contributed by atoms with Crippen LogP contribution in [0.2, 0.25) is 0 Å². The average Bonchev–Trinajstić information content (AvgIpc) is 3.10. The fourth-order valence-electron chi connectivity index (χ4n) is 2.43. The first-order chi connectivity index (χ1) is 8.56. The van der Waals surface area contributed by atoms with E-state index in [-0.39, 0.29) is 5.82 Å². The van der Waals surface area contributed by atoms with Gasteiger partial charge in [-0.3, -0.25) is 0 Å². The Morgan fingerprint density at radius 2 is 2.28 bits per heavy atom. The van der Waals surface area contributed by atoms with Crippen LogP contribution in [0.5, 0.6) is 0 Å². The number of fused-ring (bicyclic) bond motifs is 1. The largest absolute Gasteiger partial charge is 0.369 e. The molecule has 1 fully saturated rings.